The maximum absolute atomic E-state index is 12.8. The van der Waals surface area contributed by atoms with Gasteiger partial charge in [0.15, 0.2) is 5.11 Å². The van der Waals surface area contributed by atoms with Crippen molar-refractivity contribution >= 4 is 23.3 Å². The van der Waals surface area contributed by atoms with Gasteiger partial charge in [-0.05, 0) is 49.3 Å². The van der Waals surface area contributed by atoms with E-state index in [1.807, 2.05) is 66.4 Å². The summed E-state index contributed by atoms with van der Waals surface area (Å²) in [5, 5.41) is 3.90. The topological polar surface area (TPSA) is 50.8 Å². The van der Waals surface area contributed by atoms with Crippen LogP contribution in [0.3, 0.4) is 0 Å². The fraction of sp³-hybridized carbons (Fsp3) is 0.273. The number of rotatable bonds is 6. The summed E-state index contributed by atoms with van der Waals surface area (Å²) in [7, 11) is 1.62. The van der Waals surface area contributed by atoms with E-state index in [4.69, 9.17) is 21.7 Å². The third kappa shape index (κ3) is 4.17. The Morgan fingerprint density at radius 2 is 1.82 bits per heavy atom. The predicted octanol–water partition coefficient (Wildman–Crippen LogP) is 3.96. The minimum atomic E-state index is -0.371. The molecule has 1 N–H and O–H groups in total. The monoisotopic (exact) mass is 396 g/mol. The van der Waals surface area contributed by atoms with Crippen molar-refractivity contribution in [1.29, 1.82) is 0 Å². The summed E-state index contributed by atoms with van der Waals surface area (Å²) in [5.74, 6) is 0.417. The maximum Gasteiger partial charge on any atom is 0.338 e. The number of carbonyl (C=O) groups is 1. The van der Waals surface area contributed by atoms with E-state index >= 15 is 0 Å². The van der Waals surface area contributed by atoms with E-state index in [9.17, 15) is 4.79 Å². The third-order valence-corrected chi connectivity index (χ3v) is 5.06. The molecule has 28 heavy (non-hydrogen) atoms. The predicted molar refractivity (Wildman–Crippen MR) is 113 cm³/mol. The Morgan fingerprint density at radius 3 is 2.43 bits per heavy atom. The van der Waals surface area contributed by atoms with Crippen molar-refractivity contribution < 1.29 is 14.3 Å². The number of benzene rings is 2. The van der Waals surface area contributed by atoms with Gasteiger partial charge >= 0.3 is 5.97 Å². The van der Waals surface area contributed by atoms with Crippen LogP contribution < -0.4 is 10.1 Å². The van der Waals surface area contributed by atoms with E-state index in [-0.39, 0.29) is 12.0 Å². The lowest BCUT2D eigenvalue weighted by Gasteiger charge is -2.37. The van der Waals surface area contributed by atoms with E-state index in [1.165, 1.54) is 0 Å². The van der Waals surface area contributed by atoms with Gasteiger partial charge in [0, 0.05) is 12.2 Å². The number of hydrogen-bond acceptors (Lipinski definition) is 4. The Bertz CT molecular complexity index is 878. The Morgan fingerprint density at radius 1 is 1.14 bits per heavy atom. The van der Waals surface area contributed by atoms with Crippen LogP contribution in [0.4, 0.5) is 0 Å². The van der Waals surface area contributed by atoms with Gasteiger partial charge in [0.25, 0.3) is 0 Å². The molecule has 0 fully saturated rings. The molecule has 1 aliphatic rings. The number of esters is 1. The second kappa shape index (κ2) is 8.89. The Balaban J connectivity index is 2.00. The summed E-state index contributed by atoms with van der Waals surface area (Å²) < 4.78 is 10.6. The maximum atomic E-state index is 12.8. The molecule has 3 rings (SSSR count). The molecule has 1 unspecified atom stereocenters. The summed E-state index contributed by atoms with van der Waals surface area (Å²) in [6.45, 7) is 4.61. The normalized spacial score (nSPS) is 16.6. The molecule has 1 heterocycles. The summed E-state index contributed by atoms with van der Waals surface area (Å²) in [4.78, 5) is 14.7. The molecular weight excluding hydrogens is 372 g/mol. The molecule has 0 aliphatic carbocycles. The molecule has 6 heteroatoms. The summed E-state index contributed by atoms with van der Waals surface area (Å²) in [6, 6.07) is 17.3. The number of ether oxygens (including phenoxy) is 2. The molecule has 0 aromatic heterocycles. The molecule has 1 atom stereocenters. The first-order valence-corrected chi connectivity index (χ1v) is 9.59. The van der Waals surface area contributed by atoms with Crippen LogP contribution in [0.1, 0.15) is 31.0 Å². The van der Waals surface area contributed by atoms with Crippen LogP contribution in [-0.4, -0.2) is 29.7 Å². The first-order valence-electron chi connectivity index (χ1n) is 9.19. The van der Waals surface area contributed by atoms with Gasteiger partial charge in [-0.15, -0.1) is 0 Å². The van der Waals surface area contributed by atoms with Crippen LogP contribution >= 0.6 is 12.2 Å². The lowest BCUT2D eigenvalue weighted by molar-refractivity contribution is -0.139. The molecule has 2 aromatic rings. The molecule has 146 valence electrons. The van der Waals surface area contributed by atoms with Gasteiger partial charge in [0.2, 0.25) is 0 Å². The Hall–Kier alpha value is -2.86. The van der Waals surface area contributed by atoms with E-state index in [0.29, 0.717) is 23.8 Å². The Kier molecular flexibility index (Phi) is 6.31. The van der Waals surface area contributed by atoms with Crippen molar-refractivity contribution in [2.75, 3.05) is 13.7 Å². The molecule has 0 saturated carbocycles. The van der Waals surface area contributed by atoms with Crippen LogP contribution in [-0.2, 0) is 16.1 Å². The number of carbonyl (C=O) groups excluding carboxylic acids is 1. The highest BCUT2D eigenvalue weighted by atomic mass is 32.1. The number of methoxy groups -OCH3 is 1. The number of hydrogen-bond donors (Lipinski definition) is 1. The molecule has 0 amide bonds. The summed E-state index contributed by atoms with van der Waals surface area (Å²) >= 11 is 5.64. The van der Waals surface area contributed by atoms with Crippen LogP contribution in [0.2, 0.25) is 0 Å². The van der Waals surface area contributed by atoms with Crippen LogP contribution in [0, 0.1) is 0 Å². The number of allylic oxidation sites excluding steroid dienone is 1. The quantitative estimate of drug-likeness (QED) is 0.589. The van der Waals surface area contributed by atoms with Crippen LogP contribution in [0.15, 0.2) is 65.9 Å². The Labute approximate surface area is 170 Å². The summed E-state index contributed by atoms with van der Waals surface area (Å²) in [6.07, 6.45) is 0. The standard InChI is InChI=1S/C22H24N2O3S/c1-4-27-21(25)19-15(2)24(14-16-8-6-5-7-9-16)22(28)23-20(19)17-10-12-18(26-3)13-11-17/h5-13,20H,4,14H2,1-3H3,(H,23,28). The molecular formula is C22H24N2O3S. The fourth-order valence-electron chi connectivity index (χ4n) is 3.26. The number of nitrogens with one attached hydrogen (secondary N) is 1. The molecule has 0 saturated heterocycles. The third-order valence-electron chi connectivity index (χ3n) is 4.72. The smallest absolute Gasteiger partial charge is 0.338 e. The lowest BCUT2D eigenvalue weighted by Crippen LogP contribution is -2.47. The first kappa shape index (κ1) is 19.9. The van der Waals surface area contributed by atoms with Gasteiger partial charge in [-0.3, -0.25) is 0 Å². The van der Waals surface area contributed by atoms with Crippen LogP contribution in [0.25, 0.3) is 0 Å². The highest BCUT2D eigenvalue weighted by Gasteiger charge is 2.34. The minimum absolute atomic E-state index is 0.314. The van der Waals surface area contributed by atoms with Gasteiger partial charge in [-0.1, -0.05) is 42.5 Å². The van der Waals surface area contributed by atoms with Crippen molar-refractivity contribution in [1.82, 2.24) is 10.2 Å². The van der Waals surface area contributed by atoms with Crippen molar-refractivity contribution in [3.63, 3.8) is 0 Å². The van der Waals surface area contributed by atoms with Gasteiger partial charge in [-0.25, -0.2) is 4.79 Å². The zero-order valence-electron chi connectivity index (χ0n) is 16.3. The highest BCUT2D eigenvalue weighted by molar-refractivity contribution is 7.80. The molecule has 0 bridgehead atoms. The average Bonchev–Trinajstić information content (AvgIpc) is 2.71. The average molecular weight is 397 g/mol. The lowest BCUT2D eigenvalue weighted by atomic mass is 9.94. The van der Waals surface area contributed by atoms with Gasteiger partial charge < -0.3 is 19.7 Å². The van der Waals surface area contributed by atoms with E-state index in [0.717, 1.165) is 22.6 Å². The SMILES string of the molecule is CCOC(=O)C1=C(C)N(Cc2ccccc2)C(=S)NC1c1ccc(OC)cc1. The molecule has 1 aliphatic heterocycles. The van der Waals surface area contributed by atoms with Crippen molar-refractivity contribution in [2.24, 2.45) is 0 Å². The van der Waals surface area contributed by atoms with Gasteiger partial charge in [0.05, 0.1) is 25.3 Å². The van der Waals surface area contributed by atoms with E-state index < -0.39 is 0 Å². The van der Waals surface area contributed by atoms with E-state index in [1.54, 1.807) is 14.0 Å². The van der Waals surface area contributed by atoms with Gasteiger partial charge in [-0.2, -0.15) is 0 Å². The fourth-order valence-corrected chi connectivity index (χ4v) is 3.58. The second-order valence-corrected chi connectivity index (χ2v) is 6.83. The second-order valence-electron chi connectivity index (χ2n) is 6.45. The zero-order chi connectivity index (χ0) is 20.1. The number of thiocarbonyl (C=S) groups is 1. The largest absolute Gasteiger partial charge is 0.497 e. The highest BCUT2D eigenvalue weighted by Crippen LogP contribution is 2.33. The summed E-state index contributed by atoms with van der Waals surface area (Å²) in [5.41, 5.74) is 3.39. The van der Waals surface area contributed by atoms with E-state index in [2.05, 4.69) is 5.32 Å². The molecule has 0 radical (unpaired) electrons. The minimum Gasteiger partial charge on any atom is -0.497 e. The molecule has 2 aromatic carbocycles. The van der Waals surface area contributed by atoms with Gasteiger partial charge in [0.1, 0.15) is 5.75 Å². The van der Waals surface area contributed by atoms with Crippen molar-refractivity contribution in [2.45, 2.75) is 26.4 Å². The first-order chi connectivity index (χ1) is 13.5. The molecule has 5 nitrogen and oxygen atoms in total. The number of nitrogens with zero attached hydrogens (tertiary/aromatic N) is 1. The zero-order valence-corrected chi connectivity index (χ0v) is 17.1. The molecule has 0 spiro atoms. The van der Waals surface area contributed by atoms with Crippen LogP contribution in [0.5, 0.6) is 5.75 Å². The van der Waals surface area contributed by atoms with Crippen molar-refractivity contribution in [3.8, 4) is 5.75 Å². The van der Waals surface area contributed by atoms with Crippen molar-refractivity contribution in [3.05, 3.63) is 77.0 Å².